The van der Waals surface area contributed by atoms with Crippen molar-refractivity contribution in [2.24, 2.45) is 0 Å². The third-order valence-corrected chi connectivity index (χ3v) is 8.84. The summed E-state index contributed by atoms with van der Waals surface area (Å²) in [6.45, 7) is 4.03. The van der Waals surface area contributed by atoms with Gasteiger partial charge < -0.3 is 29.3 Å². The number of carbonyl (C=O) groups is 1. The van der Waals surface area contributed by atoms with Crippen LogP contribution in [0.3, 0.4) is 0 Å². The Morgan fingerprint density at radius 2 is 1.21 bits per heavy atom. The minimum atomic E-state index is -4.48. The van der Waals surface area contributed by atoms with Crippen molar-refractivity contribution in [1.82, 2.24) is 0 Å². The molecule has 1 aliphatic rings. The molecule has 0 bridgehead atoms. The van der Waals surface area contributed by atoms with Crippen LogP contribution in [-0.4, -0.2) is 78.5 Å². The summed E-state index contributed by atoms with van der Waals surface area (Å²) in [6.07, 6.45) is 28.2. The molecule has 280 valence electrons. The van der Waals surface area contributed by atoms with E-state index in [2.05, 4.69) is 30.2 Å². The Bertz CT molecular complexity index is 843. The van der Waals surface area contributed by atoms with Crippen molar-refractivity contribution in [3.05, 3.63) is 12.2 Å². The van der Waals surface area contributed by atoms with E-state index in [1.54, 1.807) is 0 Å². The van der Waals surface area contributed by atoms with E-state index in [1.165, 1.54) is 96.3 Å². The van der Waals surface area contributed by atoms with E-state index >= 15 is 0 Å². The van der Waals surface area contributed by atoms with E-state index in [-0.39, 0.29) is 42.8 Å². The molecule has 1 fully saturated rings. The van der Waals surface area contributed by atoms with Gasteiger partial charge in [-0.15, -0.1) is 0 Å². The Morgan fingerprint density at radius 3 is 1.62 bits per heavy atom. The van der Waals surface area contributed by atoms with Gasteiger partial charge in [0.25, 0.3) is 0 Å². The van der Waals surface area contributed by atoms with Gasteiger partial charge in [-0.1, -0.05) is 135 Å². The number of ether oxygens (including phenoxy) is 2. The number of hydrogen-bond donors (Lipinski definition) is 3. The van der Waals surface area contributed by atoms with Crippen molar-refractivity contribution in [1.29, 1.82) is 0 Å². The molecule has 0 aromatic rings. The summed E-state index contributed by atoms with van der Waals surface area (Å²) in [6, 6.07) is 0. The summed E-state index contributed by atoms with van der Waals surface area (Å²) in [5.41, 5.74) is 0. The van der Waals surface area contributed by atoms with Gasteiger partial charge in [-0.3, -0.25) is 8.98 Å². The molecule has 10 nitrogen and oxygen atoms in total. The number of carbonyl (C=O) groups excluding carboxylic acids is 1. The molecule has 1 saturated heterocycles. The fourth-order valence-electron chi connectivity index (χ4n) is 5.48. The number of hydrogen-bond acceptors (Lipinski definition) is 10. The molecule has 12 heteroatoms. The number of unbranched alkanes of at least 4 members (excludes halogenated alkanes) is 20. The van der Waals surface area contributed by atoms with Crippen LogP contribution >= 0.6 is 0 Å². The molecule has 0 saturated carbocycles. The van der Waals surface area contributed by atoms with Gasteiger partial charge in [0.15, 0.2) is 6.10 Å². The molecule has 1 heterocycles. The van der Waals surface area contributed by atoms with Crippen molar-refractivity contribution in [3.8, 4) is 0 Å². The van der Waals surface area contributed by atoms with Crippen molar-refractivity contribution in [2.45, 2.75) is 192 Å². The second kappa shape index (κ2) is 35.3. The number of aliphatic hydroxyl groups excluding tert-OH is 3. The van der Waals surface area contributed by atoms with Gasteiger partial charge in [-0.05, 0) is 38.5 Å². The Hall–Kier alpha value is -0.0800. The Morgan fingerprint density at radius 1 is 0.771 bits per heavy atom. The summed E-state index contributed by atoms with van der Waals surface area (Å²) in [7, 11) is -4.48. The van der Waals surface area contributed by atoms with Crippen LogP contribution in [0.4, 0.5) is 0 Å². The molecule has 0 radical (unpaired) electrons. The van der Waals surface area contributed by atoms with Crippen LogP contribution in [0.15, 0.2) is 12.2 Å². The second-order valence-corrected chi connectivity index (χ2v) is 13.9. The standard InChI is InChI=1S/C24H44O6.C12H26O4S.Na/c1-2-3-4-5-6-7-8-9-10-11-12-13-14-15-16-17-22(27)30-21(18-25)24-23(28)20(26)19-29-24;1-2-3-4-5-6-7-8-9-10-11-12-16-17(13,14)15;/h9-10,20-21,23-26,28H,2-8,11-19H2,1H3;2-12H2,1H3,(H,13,14,15);/q;;+1/p-1/b10-9-;;/t20-,21+,23+,24+;;/m0../s1. The Balaban J connectivity index is 0. The quantitative estimate of drug-likeness (QED) is 0.0242. The number of esters is 1. The summed E-state index contributed by atoms with van der Waals surface area (Å²) < 4.78 is 44.9. The van der Waals surface area contributed by atoms with Gasteiger partial charge in [0, 0.05) is 6.42 Å². The molecule has 0 aromatic carbocycles. The summed E-state index contributed by atoms with van der Waals surface area (Å²) in [5.74, 6) is -0.399. The Labute approximate surface area is 315 Å². The number of rotatable bonds is 30. The van der Waals surface area contributed by atoms with E-state index in [1.807, 2.05) is 0 Å². The third-order valence-electron chi connectivity index (χ3n) is 8.39. The maximum Gasteiger partial charge on any atom is 1.00 e. The van der Waals surface area contributed by atoms with Crippen LogP contribution in [-0.2, 0) is 28.9 Å². The molecule has 48 heavy (non-hydrogen) atoms. The zero-order chi connectivity index (χ0) is 35.0. The van der Waals surface area contributed by atoms with Gasteiger partial charge in [-0.2, -0.15) is 0 Å². The fourth-order valence-corrected chi connectivity index (χ4v) is 5.80. The summed E-state index contributed by atoms with van der Waals surface area (Å²) in [5, 5.41) is 28.7. The summed E-state index contributed by atoms with van der Waals surface area (Å²) in [4.78, 5) is 11.9. The largest absolute Gasteiger partial charge is 1.00 e. The van der Waals surface area contributed by atoms with Crippen molar-refractivity contribution < 1.29 is 76.3 Å². The monoisotopic (exact) mass is 716 g/mol. The third kappa shape index (κ3) is 31.9. The van der Waals surface area contributed by atoms with Gasteiger partial charge >= 0.3 is 35.5 Å². The molecule has 0 spiro atoms. The topological polar surface area (TPSA) is 163 Å². The van der Waals surface area contributed by atoms with Crippen LogP contribution in [0, 0.1) is 0 Å². The zero-order valence-corrected chi connectivity index (χ0v) is 33.5. The van der Waals surface area contributed by atoms with Crippen molar-refractivity contribution in [3.63, 3.8) is 0 Å². The zero-order valence-electron chi connectivity index (χ0n) is 30.7. The first kappa shape index (κ1) is 50.0. The van der Waals surface area contributed by atoms with Crippen LogP contribution in [0.2, 0.25) is 0 Å². The van der Waals surface area contributed by atoms with E-state index in [0.717, 1.165) is 44.9 Å². The minimum Gasteiger partial charge on any atom is -0.726 e. The van der Waals surface area contributed by atoms with Gasteiger partial charge in [0.2, 0.25) is 10.4 Å². The van der Waals surface area contributed by atoms with Crippen LogP contribution < -0.4 is 29.6 Å². The normalized spacial score (nSPS) is 18.3. The molecule has 4 atom stereocenters. The maximum atomic E-state index is 11.9. The average Bonchev–Trinajstić information content (AvgIpc) is 3.37. The van der Waals surface area contributed by atoms with Crippen LogP contribution in [0.25, 0.3) is 0 Å². The minimum absolute atomic E-state index is 0. The maximum absolute atomic E-state index is 11.9. The molecular formula is C36H69NaO10S. The molecule has 1 aliphatic heterocycles. The van der Waals surface area contributed by atoms with E-state index in [9.17, 15) is 33.1 Å². The Kier molecular flexibility index (Phi) is 36.8. The van der Waals surface area contributed by atoms with E-state index in [0.29, 0.717) is 12.8 Å². The molecule has 0 aromatic heterocycles. The first-order chi connectivity index (χ1) is 22.7. The average molecular weight is 717 g/mol. The first-order valence-corrected chi connectivity index (χ1v) is 20.0. The molecule has 0 unspecified atom stereocenters. The van der Waals surface area contributed by atoms with Crippen LogP contribution in [0.5, 0.6) is 0 Å². The summed E-state index contributed by atoms with van der Waals surface area (Å²) >= 11 is 0. The van der Waals surface area contributed by atoms with Crippen LogP contribution in [0.1, 0.15) is 168 Å². The van der Waals surface area contributed by atoms with E-state index < -0.39 is 47.4 Å². The van der Waals surface area contributed by atoms with Crippen molar-refractivity contribution >= 4 is 16.4 Å². The fraction of sp³-hybridized carbons (Fsp3) is 0.917. The second-order valence-electron chi connectivity index (χ2n) is 12.8. The van der Waals surface area contributed by atoms with Gasteiger partial charge in [0.05, 0.1) is 19.8 Å². The molecule has 0 aliphatic carbocycles. The van der Waals surface area contributed by atoms with E-state index in [4.69, 9.17) is 9.47 Å². The predicted molar refractivity (Wildman–Crippen MR) is 186 cm³/mol. The number of allylic oxidation sites excluding steroid dienone is 2. The molecule has 0 amide bonds. The predicted octanol–water partition coefficient (Wildman–Crippen LogP) is 4.44. The number of aliphatic hydroxyl groups is 3. The van der Waals surface area contributed by atoms with Gasteiger partial charge in [0.1, 0.15) is 18.3 Å². The molecular weight excluding hydrogens is 647 g/mol. The SMILES string of the molecule is CCCCCCCC/C=C\CCCCCCCC(=O)O[C@H](CO)[C@H]1OC[C@H](O)[C@H]1O.CCCCCCCCCCCCOS(=O)(=O)[O-].[Na+]. The van der Waals surface area contributed by atoms with Gasteiger partial charge in [-0.25, -0.2) is 8.42 Å². The molecule has 3 N–H and O–H groups in total. The van der Waals surface area contributed by atoms with Crippen molar-refractivity contribution in [2.75, 3.05) is 19.8 Å². The first-order valence-electron chi connectivity index (χ1n) is 18.7. The molecule has 1 rings (SSSR count). The smallest absolute Gasteiger partial charge is 0.726 e.